The number of thiophene rings is 1. The summed E-state index contributed by atoms with van der Waals surface area (Å²) in [6.45, 7) is 1.50. The number of amides is 1. The molecule has 1 N–H and O–H groups in total. The van der Waals surface area contributed by atoms with Gasteiger partial charge in [0, 0.05) is 6.04 Å². The molecular weight excluding hydrogens is 423 g/mol. The van der Waals surface area contributed by atoms with Gasteiger partial charge in [0.15, 0.2) is 0 Å². The molecule has 0 radical (unpaired) electrons. The van der Waals surface area contributed by atoms with E-state index in [2.05, 4.69) is 5.32 Å². The molecule has 158 valence electrons. The molecule has 30 heavy (non-hydrogen) atoms. The van der Waals surface area contributed by atoms with Crippen LogP contribution in [-0.2, 0) is 21.2 Å². The van der Waals surface area contributed by atoms with E-state index < -0.39 is 21.7 Å². The molecule has 1 amide bonds. The minimum absolute atomic E-state index is 0.122. The second-order valence-corrected chi connectivity index (χ2v) is 9.95. The normalized spacial score (nSPS) is 12.3. The van der Waals surface area contributed by atoms with Crippen LogP contribution < -0.4 is 9.62 Å². The van der Waals surface area contributed by atoms with Crippen LogP contribution in [0.2, 0.25) is 0 Å². The van der Waals surface area contributed by atoms with Gasteiger partial charge in [0.2, 0.25) is 5.91 Å². The highest BCUT2D eigenvalue weighted by Gasteiger charge is 2.28. The Morgan fingerprint density at radius 2 is 1.77 bits per heavy atom. The number of hydrogen-bond acceptors (Lipinski definition) is 4. The Hall–Kier alpha value is -2.71. The van der Waals surface area contributed by atoms with Gasteiger partial charge < -0.3 is 5.32 Å². The summed E-state index contributed by atoms with van der Waals surface area (Å²) in [6, 6.07) is 18.0. The molecule has 0 aliphatic carbocycles. The van der Waals surface area contributed by atoms with Gasteiger partial charge in [-0.2, -0.15) is 0 Å². The molecule has 5 nitrogen and oxygen atoms in total. The highest BCUT2D eigenvalue weighted by atomic mass is 32.2. The molecule has 1 atom stereocenters. The van der Waals surface area contributed by atoms with Gasteiger partial charge >= 0.3 is 0 Å². The van der Waals surface area contributed by atoms with Crippen LogP contribution in [0.5, 0.6) is 0 Å². The number of benzene rings is 2. The van der Waals surface area contributed by atoms with Crippen molar-refractivity contribution < 1.29 is 17.6 Å². The Labute approximate surface area is 180 Å². The van der Waals surface area contributed by atoms with E-state index in [9.17, 15) is 17.6 Å². The Kier molecular flexibility index (Phi) is 7.23. The maximum absolute atomic E-state index is 13.3. The van der Waals surface area contributed by atoms with E-state index in [1.807, 2.05) is 37.3 Å². The van der Waals surface area contributed by atoms with Crippen molar-refractivity contribution >= 4 is 33.0 Å². The van der Waals surface area contributed by atoms with Gasteiger partial charge in [-0.1, -0.05) is 36.4 Å². The van der Waals surface area contributed by atoms with Crippen molar-refractivity contribution in [2.24, 2.45) is 0 Å². The summed E-state index contributed by atoms with van der Waals surface area (Å²) in [6.07, 6.45) is 1.53. The number of sulfonamides is 1. The van der Waals surface area contributed by atoms with E-state index in [4.69, 9.17) is 0 Å². The van der Waals surface area contributed by atoms with E-state index in [0.717, 1.165) is 28.5 Å². The topological polar surface area (TPSA) is 66.5 Å². The SMILES string of the molecule is CC(CCc1ccccc1)NC(=O)CN(c1ccc(F)cc1)S(=O)(=O)c1cccs1. The molecule has 0 bridgehead atoms. The van der Waals surface area contributed by atoms with Crippen LogP contribution in [0, 0.1) is 5.82 Å². The van der Waals surface area contributed by atoms with Crippen molar-refractivity contribution in [3.05, 3.63) is 83.5 Å². The number of nitrogens with one attached hydrogen (secondary N) is 1. The lowest BCUT2D eigenvalue weighted by molar-refractivity contribution is -0.120. The number of nitrogens with zero attached hydrogens (tertiary/aromatic N) is 1. The third kappa shape index (κ3) is 5.67. The number of halogens is 1. The van der Waals surface area contributed by atoms with Gasteiger partial charge in [-0.25, -0.2) is 12.8 Å². The van der Waals surface area contributed by atoms with E-state index in [1.165, 1.54) is 35.9 Å². The van der Waals surface area contributed by atoms with Crippen LogP contribution in [0.15, 0.2) is 76.3 Å². The molecule has 0 fully saturated rings. The highest BCUT2D eigenvalue weighted by molar-refractivity contribution is 7.94. The molecule has 0 saturated heterocycles. The van der Waals surface area contributed by atoms with E-state index in [-0.39, 0.29) is 22.5 Å². The first-order valence-corrected chi connectivity index (χ1v) is 11.8. The van der Waals surface area contributed by atoms with Gasteiger partial charge in [0.25, 0.3) is 10.0 Å². The number of anilines is 1. The van der Waals surface area contributed by atoms with Gasteiger partial charge in [-0.3, -0.25) is 9.10 Å². The van der Waals surface area contributed by atoms with Gasteiger partial charge in [0.1, 0.15) is 16.6 Å². The van der Waals surface area contributed by atoms with Crippen LogP contribution in [0.25, 0.3) is 0 Å². The smallest absolute Gasteiger partial charge is 0.274 e. The summed E-state index contributed by atoms with van der Waals surface area (Å²) in [7, 11) is -3.94. The fourth-order valence-corrected chi connectivity index (χ4v) is 5.52. The Morgan fingerprint density at radius 3 is 2.40 bits per heavy atom. The lowest BCUT2D eigenvalue weighted by Crippen LogP contribution is -2.43. The number of rotatable bonds is 9. The summed E-state index contributed by atoms with van der Waals surface area (Å²) in [5.41, 5.74) is 1.41. The fraction of sp³-hybridized carbons (Fsp3) is 0.227. The maximum Gasteiger partial charge on any atom is 0.274 e. The predicted molar refractivity (Wildman–Crippen MR) is 118 cm³/mol. The lowest BCUT2D eigenvalue weighted by atomic mass is 10.1. The molecule has 0 saturated carbocycles. The molecule has 8 heteroatoms. The molecule has 3 rings (SSSR count). The van der Waals surface area contributed by atoms with E-state index in [0.29, 0.717) is 0 Å². The molecule has 1 unspecified atom stereocenters. The maximum atomic E-state index is 13.3. The average Bonchev–Trinajstić information content (AvgIpc) is 3.28. The van der Waals surface area contributed by atoms with Crippen LogP contribution in [0.4, 0.5) is 10.1 Å². The molecule has 3 aromatic rings. The number of hydrogen-bond donors (Lipinski definition) is 1. The van der Waals surface area contributed by atoms with Crippen LogP contribution in [0.3, 0.4) is 0 Å². The van der Waals surface area contributed by atoms with Crippen LogP contribution in [0.1, 0.15) is 18.9 Å². The summed E-state index contributed by atoms with van der Waals surface area (Å²) in [4.78, 5) is 12.6. The first-order valence-electron chi connectivity index (χ1n) is 9.51. The van der Waals surface area contributed by atoms with Crippen LogP contribution >= 0.6 is 11.3 Å². The minimum atomic E-state index is -3.94. The lowest BCUT2D eigenvalue weighted by Gasteiger charge is -2.24. The summed E-state index contributed by atoms with van der Waals surface area (Å²) >= 11 is 1.07. The highest BCUT2D eigenvalue weighted by Crippen LogP contribution is 2.26. The van der Waals surface area contributed by atoms with Gasteiger partial charge in [-0.15, -0.1) is 11.3 Å². The Bertz CT molecular complexity index is 1050. The molecule has 1 aromatic heterocycles. The number of carbonyl (C=O) groups excluding carboxylic acids is 1. The zero-order chi connectivity index (χ0) is 21.6. The zero-order valence-electron chi connectivity index (χ0n) is 16.5. The second kappa shape index (κ2) is 9.86. The van der Waals surface area contributed by atoms with Crippen molar-refractivity contribution in [1.82, 2.24) is 5.32 Å². The van der Waals surface area contributed by atoms with Crippen molar-refractivity contribution in [2.75, 3.05) is 10.8 Å². The number of aryl methyl sites for hydroxylation is 1. The molecule has 0 aliphatic heterocycles. The van der Waals surface area contributed by atoms with Crippen molar-refractivity contribution in [2.45, 2.75) is 30.0 Å². The van der Waals surface area contributed by atoms with E-state index in [1.54, 1.807) is 11.4 Å². The largest absolute Gasteiger partial charge is 0.352 e. The van der Waals surface area contributed by atoms with Gasteiger partial charge in [-0.05, 0) is 61.0 Å². The number of carbonyl (C=O) groups is 1. The molecule has 2 aromatic carbocycles. The molecule has 0 spiro atoms. The standard InChI is InChI=1S/C22H23FN2O3S2/c1-17(9-10-18-6-3-2-4-7-18)24-21(26)16-25(20-13-11-19(23)12-14-20)30(27,28)22-8-5-15-29-22/h2-8,11-15,17H,9-10,16H2,1H3,(H,24,26). The monoisotopic (exact) mass is 446 g/mol. The molecular formula is C22H23FN2O3S2. The predicted octanol–water partition coefficient (Wildman–Crippen LogP) is 4.22. The summed E-state index contributed by atoms with van der Waals surface area (Å²) < 4.78 is 40.6. The molecule has 1 heterocycles. The second-order valence-electron chi connectivity index (χ2n) is 6.91. The third-order valence-corrected chi connectivity index (χ3v) is 7.70. The van der Waals surface area contributed by atoms with Crippen molar-refractivity contribution in [3.8, 4) is 0 Å². The summed E-state index contributed by atoms with van der Waals surface area (Å²) in [5, 5.41) is 4.52. The first kappa shape index (κ1) is 22.0. The first-order chi connectivity index (χ1) is 14.4. The quantitative estimate of drug-likeness (QED) is 0.535. The fourth-order valence-electron chi connectivity index (χ4n) is 2.99. The average molecular weight is 447 g/mol. The van der Waals surface area contributed by atoms with Crippen molar-refractivity contribution in [3.63, 3.8) is 0 Å². The zero-order valence-corrected chi connectivity index (χ0v) is 18.1. The van der Waals surface area contributed by atoms with Gasteiger partial charge in [0.05, 0.1) is 5.69 Å². The van der Waals surface area contributed by atoms with E-state index >= 15 is 0 Å². The van der Waals surface area contributed by atoms with Crippen LogP contribution in [-0.4, -0.2) is 26.9 Å². The summed E-state index contributed by atoms with van der Waals surface area (Å²) in [5.74, 6) is -0.897. The van der Waals surface area contributed by atoms with Crippen molar-refractivity contribution in [1.29, 1.82) is 0 Å². The minimum Gasteiger partial charge on any atom is -0.352 e. The Morgan fingerprint density at radius 1 is 1.07 bits per heavy atom. The third-order valence-electron chi connectivity index (χ3n) is 4.56. The molecule has 0 aliphatic rings. The Balaban J connectivity index is 1.71.